The van der Waals surface area contributed by atoms with E-state index >= 15 is 0 Å². The van der Waals surface area contributed by atoms with Crippen LogP contribution in [0.2, 0.25) is 0 Å². The van der Waals surface area contributed by atoms with Crippen LogP contribution in [0, 0.1) is 6.92 Å². The fourth-order valence-corrected chi connectivity index (χ4v) is 5.55. The number of aromatic hydroxyl groups is 1. The van der Waals surface area contributed by atoms with E-state index in [2.05, 4.69) is 9.88 Å². The lowest BCUT2D eigenvalue weighted by Gasteiger charge is -2.23. The van der Waals surface area contributed by atoms with Crippen molar-refractivity contribution in [3.8, 4) is 39.6 Å². The Bertz CT molecular complexity index is 1440. The molecular weight excluding hydrogens is 542 g/mol. The Labute approximate surface area is 245 Å². The van der Waals surface area contributed by atoms with E-state index in [1.165, 1.54) is 6.07 Å². The fraction of sp³-hybridized carbons (Fsp3) is 0.419. The van der Waals surface area contributed by atoms with Gasteiger partial charge in [-0.25, -0.2) is 4.79 Å². The van der Waals surface area contributed by atoms with Gasteiger partial charge in [-0.05, 0) is 55.7 Å². The number of ether oxygens (including phenoxy) is 3. The van der Waals surface area contributed by atoms with E-state index in [9.17, 15) is 24.9 Å². The molecule has 226 valence electrons. The van der Waals surface area contributed by atoms with Crippen LogP contribution in [-0.4, -0.2) is 96.9 Å². The maximum absolute atomic E-state index is 13.5. The molecule has 0 saturated heterocycles. The van der Waals surface area contributed by atoms with Crippen LogP contribution >= 0.6 is 0 Å². The number of phenols is 1. The van der Waals surface area contributed by atoms with E-state index in [4.69, 9.17) is 14.2 Å². The molecule has 2 aromatic carbocycles. The first-order valence-electron chi connectivity index (χ1n) is 14.0. The third-order valence-corrected chi connectivity index (χ3v) is 7.55. The molecule has 1 aliphatic heterocycles. The van der Waals surface area contributed by atoms with Crippen LogP contribution in [0.3, 0.4) is 0 Å². The predicted octanol–water partition coefficient (Wildman–Crippen LogP) is 2.60. The van der Waals surface area contributed by atoms with E-state index < -0.39 is 11.9 Å². The number of aryl methyl sites for hydroxylation is 1. The van der Waals surface area contributed by atoms with Gasteiger partial charge in [0.25, 0.3) is 5.91 Å². The molecule has 4 rings (SSSR count). The molecule has 2 heterocycles. The van der Waals surface area contributed by atoms with Crippen molar-refractivity contribution < 1.29 is 39.1 Å². The molecule has 0 aliphatic carbocycles. The number of rotatable bonds is 13. The first-order valence-corrected chi connectivity index (χ1v) is 14.0. The monoisotopic (exact) mass is 581 g/mol. The van der Waals surface area contributed by atoms with Crippen molar-refractivity contribution in [2.75, 3.05) is 60.2 Å². The lowest BCUT2D eigenvalue weighted by atomic mass is 9.92. The highest BCUT2D eigenvalue weighted by Crippen LogP contribution is 2.45. The van der Waals surface area contributed by atoms with Crippen molar-refractivity contribution in [3.05, 3.63) is 52.7 Å². The number of benzene rings is 2. The highest BCUT2D eigenvalue weighted by atomic mass is 16.5. The Morgan fingerprint density at radius 3 is 2.36 bits per heavy atom. The zero-order valence-electron chi connectivity index (χ0n) is 24.5. The first-order chi connectivity index (χ1) is 20.3. The standard InChI is InChI=1S/C31H39N3O8/c1-5-42-31(39)28-27(19(2)34-10-8-20-17-25(40-3)26(41-4)18-22(20)29(28)34)21-6-7-24(37)23(16-21)30(38)32-9-11-33(12-14-35)13-15-36/h6-7,16-18,35-37H,5,8-15H2,1-4H3,(H,32,38). The van der Waals surface area contributed by atoms with E-state index in [1.54, 1.807) is 33.3 Å². The number of carbonyl (C=O) groups is 2. The average Bonchev–Trinajstić information content (AvgIpc) is 3.29. The number of nitrogens with zero attached hydrogens (tertiary/aromatic N) is 2. The molecule has 0 atom stereocenters. The second-order valence-electron chi connectivity index (χ2n) is 9.95. The summed E-state index contributed by atoms with van der Waals surface area (Å²) < 4.78 is 18.7. The molecule has 0 spiro atoms. The number of fused-ring (bicyclic) bond motifs is 3. The summed E-state index contributed by atoms with van der Waals surface area (Å²) in [6.07, 6.45) is 0.715. The molecule has 1 aliphatic rings. The number of nitrogens with one attached hydrogen (secondary N) is 1. The molecule has 0 radical (unpaired) electrons. The Morgan fingerprint density at radius 2 is 1.71 bits per heavy atom. The molecular formula is C31H39N3O8. The lowest BCUT2D eigenvalue weighted by molar-refractivity contribution is 0.0528. The molecule has 1 amide bonds. The molecule has 0 bridgehead atoms. The number of hydrogen-bond acceptors (Lipinski definition) is 9. The van der Waals surface area contributed by atoms with E-state index in [0.29, 0.717) is 66.5 Å². The first kappa shape index (κ1) is 30.9. The van der Waals surface area contributed by atoms with Crippen LogP contribution < -0.4 is 14.8 Å². The molecule has 0 unspecified atom stereocenters. The molecule has 0 fully saturated rings. The zero-order chi connectivity index (χ0) is 30.4. The highest BCUT2D eigenvalue weighted by Gasteiger charge is 2.32. The van der Waals surface area contributed by atoms with E-state index in [0.717, 1.165) is 16.8 Å². The molecule has 0 saturated carbocycles. The maximum Gasteiger partial charge on any atom is 0.340 e. The van der Waals surface area contributed by atoms with Crippen LogP contribution in [0.4, 0.5) is 0 Å². The van der Waals surface area contributed by atoms with Gasteiger partial charge in [0.05, 0.1) is 50.9 Å². The number of amides is 1. The average molecular weight is 582 g/mol. The van der Waals surface area contributed by atoms with E-state index in [-0.39, 0.29) is 37.7 Å². The molecule has 11 heteroatoms. The molecule has 11 nitrogen and oxygen atoms in total. The second-order valence-corrected chi connectivity index (χ2v) is 9.95. The van der Waals surface area contributed by atoms with Crippen molar-refractivity contribution in [3.63, 3.8) is 0 Å². The van der Waals surface area contributed by atoms with Crippen molar-refractivity contribution >= 4 is 11.9 Å². The minimum Gasteiger partial charge on any atom is -0.507 e. The number of carbonyl (C=O) groups excluding carboxylic acids is 2. The lowest BCUT2D eigenvalue weighted by Crippen LogP contribution is -2.37. The normalized spacial score (nSPS) is 12.1. The van der Waals surface area contributed by atoms with Crippen molar-refractivity contribution in [2.45, 2.75) is 26.8 Å². The van der Waals surface area contributed by atoms with E-state index in [1.807, 2.05) is 24.0 Å². The molecule has 1 aromatic heterocycles. The number of hydrogen-bond donors (Lipinski definition) is 4. The van der Waals surface area contributed by atoms with Crippen LogP contribution in [0.5, 0.6) is 17.2 Å². The minimum absolute atomic E-state index is 0.0635. The Balaban J connectivity index is 1.77. The second kappa shape index (κ2) is 13.7. The van der Waals surface area contributed by atoms with Gasteiger partial charge < -0.3 is 39.4 Å². The Morgan fingerprint density at radius 1 is 1.02 bits per heavy atom. The summed E-state index contributed by atoms with van der Waals surface area (Å²) in [5.41, 5.74) is 5.03. The predicted molar refractivity (Wildman–Crippen MR) is 157 cm³/mol. The summed E-state index contributed by atoms with van der Waals surface area (Å²) >= 11 is 0. The number of aromatic nitrogens is 1. The summed E-state index contributed by atoms with van der Waals surface area (Å²) in [5, 5.41) is 31.8. The number of aliphatic hydroxyl groups excluding tert-OH is 2. The Kier molecular flexibility index (Phi) is 10.1. The van der Waals surface area contributed by atoms with Gasteiger partial charge in [-0.2, -0.15) is 0 Å². The smallest absolute Gasteiger partial charge is 0.340 e. The fourth-order valence-electron chi connectivity index (χ4n) is 5.55. The van der Waals surface area contributed by atoms with Crippen LogP contribution in [0.15, 0.2) is 30.3 Å². The van der Waals surface area contributed by atoms with Gasteiger partial charge in [-0.3, -0.25) is 9.69 Å². The topological polar surface area (TPSA) is 143 Å². The van der Waals surface area contributed by atoms with Gasteiger partial charge in [0.2, 0.25) is 0 Å². The maximum atomic E-state index is 13.5. The number of aliphatic hydroxyl groups is 2. The van der Waals surface area contributed by atoms with Gasteiger partial charge in [-0.15, -0.1) is 0 Å². The summed E-state index contributed by atoms with van der Waals surface area (Å²) in [6, 6.07) is 8.51. The van der Waals surface area contributed by atoms with Gasteiger partial charge in [0.1, 0.15) is 5.75 Å². The highest BCUT2D eigenvalue weighted by molar-refractivity contribution is 6.06. The van der Waals surface area contributed by atoms with Crippen LogP contribution in [-0.2, 0) is 17.7 Å². The van der Waals surface area contributed by atoms with Gasteiger partial charge in [-0.1, -0.05) is 6.07 Å². The van der Waals surface area contributed by atoms with Gasteiger partial charge in [0.15, 0.2) is 11.5 Å². The number of esters is 1. The summed E-state index contributed by atoms with van der Waals surface area (Å²) in [5.74, 6) is -0.0148. The Hall–Kier alpha value is -4.06. The molecule has 4 N–H and O–H groups in total. The van der Waals surface area contributed by atoms with Gasteiger partial charge in [0, 0.05) is 49.5 Å². The van der Waals surface area contributed by atoms with Crippen molar-refractivity contribution in [1.29, 1.82) is 0 Å². The summed E-state index contributed by atoms with van der Waals surface area (Å²) in [6.45, 7) is 5.76. The SMILES string of the molecule is CCOC(=O)c1c(-c2ccc(O)c(C(=O)NCCN(CCO)CCO)c2)c(C)n2c1-c1cc(OC)c(OC)cc1CC2. The third-order valence-electron chi connectivity index (χ3n) is 7.55. The third kappa shape index (κ3) is 6.08. The number of methoxy groups -OCH3 is 2. The number of phenolic OH excluding ortho intramolecular Hbond substituents is 1. The summed E-state index contributed by atoms with van der Waals surface area (Å²) in [4.78, 5) is 28.5. The van der Waals surface area contributed by atoms with Crippen LogP contribution in [0.1, 0.15) is 38.9 Å². The molecule has 42 heavy (non-hydrogen) atoms. The minimum atomic E-state index is -0.487. The molecule has 3 aromatic rings. The van der Waals surface area contributed by atoms with Crippen LogP contribution in [0.25, 0.3) is 22.4 Å². The quantitative estimate of drug-likeness (QED) is 0.224. The summed E-state index contributed by atoms with van der Waals surface area (Å²) in [7, 11) is 3.15. The van der Waals surface area contributed by atoms with Gasteiger partial charge >= 0.3 is 5.97 Å². The van der Waals surface area contributed by atoms with Crippen molar-refractivity contribution in [2.24, 2.45) is 0 Å². The van der Waals surface area contributed by atoms with Crippen molar-refractivity contribution in [1.82, 2.24) is 14.8 Å². The largest absolute Gasteiger partial charge is 0.507 e. The zero-order valence-corrected chi connectivity index (χ0v) is 24.5.